The van der Waals surface area contributed by atoms with Gasteiger partial charge < -0.3 is 16.4 Å². The summed E-state index contributed by atoms with van der Waals surface area (Å²) in [6.07, 6.45) is 0. The summed E-state index contributed by atoms with van der Waals surface area (Å²) in [5.74, 6) is -0.348. The van der Waals surface area contributed by atoms with Crippen molar-refractivity contribution in [2.45, 2.75) is 32.7 Å². The number of amides is 2. The minimum absolute atomic E-state index is 0.132. The first-order valence-electron chi connectivity index (χ1n) is 10.00. The number of nitrogens with two attached hydrogens (primary N) is 1. The molecule has 0 saturated carbocycles. The third-order valence-electron chi connectivity index (χ3n) is 4.96. The number of carbonyl (C=O) groups excluding carboxylic acids is 2. The molecule has 1 heterocycles. The molecule has 32 heavy (non-hydrogen) atoms. The molecule has 0 unspecified atom stereocenters. The second kappa shape index (κ2) is 10.4. The Bertz CT molecular complexity index is 1110. The van der Waals surface area contributed by atoms with E-state index in [0.717, 1.165) is 11.3 Å². The zero-order valence-corrected chi connectivity index (χ0v) is 20.2. The van der Waals surface area contributed by atoms with Gasteiger partial charge in [-0.3, -0.25) is 9.59 Å². The minimum atomic E-state index is -0.716. The molecular weight excluding hydrogens is 467 g/mol. The van der Waals surface area contributed by atoms with Gasteiger partial charge >= 0.3 is 0 Å². The Morgan fingerprint density at radius 1 is 1.19 bits per heavy atom. The highest BCUT2D eigenvalue weighted by Crippen LogP contribution is 2.38. The van der Waals surface area contributed by atoms with Crippen LogP contribution < -0.4 is 16.4 Å². The van der Waals surface area contributed by atoms with Crippen molar-refractivity contribution in [2.75, 3.05) is 11.1 Å². The molecule has 4 N–H and O–H groups in total. The smallest absolute Gasteiger partial charge is 0.248 e. The first kappa shape index (κ1) is 24.2. The molecular formula is C23H24Cl2N4O2S. The number of primary amides is 1. The number of aliphatic imine (C=N–C) groups is 1. The summed E-state index contributed by atoms with van der Waals surface area (Å²) >= 11 is 13.8. The van der Waals surface area contributed by atoms with E-state index in [1.165, 1.54) is 11.8 Å². The van der Waals surface area contributed by atoms with Crippen LogP contribution >= 0.6 is 35.0 Å². The van der Waals surface area contributed by atoms with Crippen LogP contribution in [-0.4, -0.2) is 22.7 Å². The molecule has 168 valence electrons. The molecule has 0 aliphatic carbocycles. The lowest BCUT2D eigenvalue weighted by atomic mass is 9.96. The van der Waals surface area contributed by atoms with Gasteiger partial charge in [-0.1, -0.05) is 79.1 Å². The Balaban J connectivity index is 1.79. The number of rotatable bonds is 6. The number of hydrogen-bond acceptors (Lipinski definition) is 5. The molecule has 1 atom stereocenters. The molecule has 2 aromatic rings. The molecule has 3 rings (SSSR count). The first-order valence-corrected chi connectivity index (χ1v) is 11.7. The van der Waals surface area contributed by atoms with Gasteiger partial charge in [-0.25, -0.2) is 4.99 Å². The molecule has 9 heteroatoms. The summed E-state index contributed by atoms with van der Waals surface area (Å²) in [5.41, 5.74) is 8.90. The van der Waals surface area contributed by atoms with Crippen LogP contribution in [0.1, 0.15) is 43.9 Å². The van der Waals surface area contributed by atoms with E-state index in [-0.39, 0.29) is 17.6 Å². The molecule has 0 fully saturated rings. The number of amidine groups is 1. The number of thioether (sulfide) groups is 1. The Hall–Kier alpha value is -2.48. The molecule has 0 saturated heterocycles. The Morgan fingerprint density at radius 2 is 1.91 bits per heavy atom. The van der Waals surface area contributed by atoms with Gasteiger partial charge in [0.1, 0.15) is 6.04 Å². The highest BCUT2D eigenvalue weighted by molar-refractivity contribution is 8.14. The second-order valence-electron chi connectivity index (χ2n) is 7.59. The van der Waals surface area contributed by atoms with Gasteiger partial charge in [-0.2, -0.15) is 0 Å². The van der Waals surface area contributed by atoms with Crippen LogP contribution in [0.4, 0.5) is 5.69 Å². The fraction of sp³-hybridized carbons (Fsp3) is 0.261. The van der Waals surface area contributed by atoms with Crippen molar-refractivity contribution in [1.29, 1.82) is 0 Å². The zero-order chi connectivity index (χ0) is 23.4. The van der Waals surface area contributed by atoms with Crippen molar-refractivity contribution in [2.24, 2.45) is 10.7 Å². The second-order valence-corrected chi connectivity index (χ2v) is 9.34. The van der Waals surface area contributed by atoms with Gasteiger partial charge in [0.2, 0.25) is 11.8 Å². The van der Waals surface area contributed by atoms with Crippen LogP contribution in [0.15, 0.2) is 58.7 Å². The van der Waals surface area contributed by atoms with Crippen LogP contribution in [0.2, 0.25) is 10.0 Å². The predicted octanol–water partition coefficient (Wildman–Crippen LogP) is 5.25. The fourth-order valence-corrected chi connectivity index (χ4v) is 4.59. The molecule has 2 aromatic carbocycles. The number of allylic oxidation sites excluding steroid dienone is 1. The third kappa shape index (κ3) is 5.46. The summed E-state index contributed by atoms with van der Waals surface area (Å²) in [6.45, 7) is 5.89. The van der Waals surface area contributed by atoms with Crippen LogP contribution in [0.3, 0.4) is 0 Å². The Kier molecular flexibility index (Phi) is 7.87. The summed E-state index contributed by atoms with van der Waals surface area (Å²) in [6, 6.07) is 12.2. The van der Waals surface area contributed by atoms with Crippen molar-refractivity contribution in [1.82, 2.24) is 5.32 Å². The average molecular weight is 491 g/mol. The lowest BCUT2D eigenvalue weighted by Crippen LogP contribution is -2.33. The van der Waals surface area contributed by atoms with Crippen molar-refractivity contribution in [3.05, 3.63) is 74.9 Å². The molecule has 2 amide bonds. The largest absolute Gasteiger partial charge is 0.366 e. The minimum Gasteiger partial charge on any atom is -0.366 e. The molecule has 1 aliphatic rings. The molecule has 0 bridgehead atoms. The fourth-order valence-electron chi connectivity index (χ4n) is 3.43. The van der Waals surface area contributed by atoms with Gasteiger partial charge in [-0.15, -0.1) is 0 Å². The van der Waals surface area contributed by atoms with Crippen molar-refractivity contribution in [3.8, 4) is 0 Å². The number of nitrogens with zero attached hydrogens (tertiary/aromatic N) is 1. The number of nitrogens with one attached hydrogen (secondary N) is 2. The summed E-state index contributed by atoms with van der Waals surface area (Å²) in [7, 11) is 0. The number of para-hydroxylation sites is 1. The van der Waals surface area contributed by atoms with Gasteiger partial charge in [0.05, 0.1) is 21.4 Å². The van der Waals surface area contributed by atoms with E-state index in [4.69, 9.17) is 28.9 Å². The van der Waals surface area contributed by atoms with Crippen molar-refractivity contribution >= 4 is 57.6 Å². The Labute approximate surface area is 201 Å². The lowest BCUT2D eigenvalue weighted by molar-refractivity contribution is -0.115. The standard InChI is InChI=1S/C23H24Cl2N4O2S/c1-12(2)14-7-4-5-10-17(14)28-18(30)11-32-23-27-13(3)19(22(26)31)21(29-23)15-8-6-9-16(24)20(15)25/h4-10,12,21H,11H2,1-3H3,(H2,26,31)(H,27,29)(H,28,30)/t21-/m1/s1. The lowest BCUT2D eigenvalue weighted by Gasteiger charge is -2.26. The van der Waals surface area contributed by atoms with E-state index in [1.807, 2.05) is 24.3 Å². The maximum absolute atomic E-state index is 12.6. The van der Waals surface area contributed by atoms with Gasteiger partial charge in [0.25, 0.3) is 0 Å². The topological polar surface area (TPSA) is 96.6 Å². The highest BCUT2D eigenvalue weighted by Gasteiger charge is 2.30. The number of halogens is 2. The highest BCUT2D eigenvalue weighted by atomic mass is 35.5. The zero-order valence-electron chi connectivity index (χ0n) is 17.9. The van der Waals surface area contributed by atoms with Crippen LogP contribution in [0.5, 0.6) is 0 Å². The quantitative estimate of drug-likeness (QED) is 0.514. The third-order valence-corrected chi connectivity index (χ3v) is 6.68. The maximum atomic E-state index is 12.6. The van der Waals surface area contributed by atoms with Crippen molar-refractivity contribution in [3.63, 3.8) is 0 Å². The Morgan fingerprint density at radius 3 is 2.59 bits per heavy atom. The number of hydrogen-bond donors (Lipinski definition) is 3. The summed E-state index contributed by atoms with van der Waals surface area (Å²) < 4.78 is 0. The van der Waals surface area contributed by atoms with Crippen LogP contribution in [0.25, 0.3) is 0 Å². The predicted molar refractivity (Wildman–Crippen MR) is 133 cm³/mol. The van der Waals surface area contributed by atoms with E-state index in [0.29, 0.717) is 32.0 Å². The summed E-state index contributed by atoms with van der Waals surface area (Å²) in [5, 5.41) is 7.18. The van der Waals surface area contributed by atoms with E-state index >= 15 is 0 Å². The molecule has 0 radical (unpaired) electrons. The number of anilines is 1. The molecule has 0 spiro atoms. The van der Waals surface area contributed by atoms with E-state index in [9.17, 15) is 9.59 Å². The summed E-state index contributed by atoms with van der Waals surface area (Å²) in [4.78, 5) is 29.3. The first-order chi connectivity index (χ1) is 15.2. The van der Waals surface area contributed by atoms with Crippen LogP contribution in [-0.2, 0) is 9.59 Å². The number of carbonyl (C=O) groups is 2. The number of benzene rings is 2. The van der Waals surface area contributed by atoms with E-state index in [1.54, 1.807) is 25.1 Å². The van der Waals surface area contributed by atoms with Gasteiger partial charge in [0.15, 0.2) is 5.17 Å². The van der Waals surface area contributed by atoms with Crippen LogP contribution in [0, 0.1) is 0 Å². The van der Waals surface area contributed by atoms with E-state index < -0.39 is 11.9 Å². The molecule has 1 aliphatic heterocycles. The van der Waals surface area contributed by atoms with E-state index in [2.05, 4.69) is 29.5 Å². The van der Waals surface area contributed by atoms with Crippen molar-refractivity contribution < 1.29 is 9.59 Å². The molecule has 0 aromatic heterocycles. The van der Waals surface area contributed by atoms with Gasteiger partial charge in [0, 0.05) is 16.9 Å². The monoisotopic (exact) mass is 490 g/mol. The molecule has 6 nitrogen and oxygen atoms in total. The maximum Gasteiger partial charge on any atom is 0.248 e. The average Bonchev–Trinajstić information content (AvgIpc) is 2.73. The normalized spacial score (nSPS) is 15.9. The van der Waals surface area contributed by atoms with Gasteiger partial charge in [-0.05, 0) is 30.5 Å². The SMILES string of the molecule is CC1=C(C(N)=O)[C@@H](c2cccc(Cl)c2Cl)N=C(SCC(=O)Nc2ccccc2C(C)C)N1.